The Morgan fingerprint density at radius 3 is 2.50 bits per heavy atom. The lowest BCUT2D eigenvalue weighted by Crippen LogP contribution is -2.08. The van der Waals surface area contributed by atoms with Gasteiger partial charge < -0.3 is 15.2 Å². The summed E-state index contributed by atoms with van der Waals surface area (Å²) in [5.41, 5.74) is 4.20. The zero-order valence-corrected chi connectivity index (χ0v) is 12.4. The van der Waals surface area contributed by atoms with Crippen LogP contribution in [0.2, 0.25) is 0 Å². The number of aromatic hydroxyl groups is 1. The molecule has 1 unspecified atom stereocenters. The van der Waals surface area contributed by atoms with E-state index in [1.54, 1.807) is 13.2 Å². The zero-order valence-electron chi connectivity index (χ0n) is 12.4. The summed E-state index contributed by atoms with van der Waals surface area (Å²) in [5, 5.41) is 13.4. The fourth-order valence-electron chi connectivity index (χ4n) is 2.26. The van der Waals surface area contributed by atoms with Gasteiger partial charge in [0.25, 0.3) is 0 Å². The maximum absolute atomic E-state index is 9.97. The number of hydrogen-bond donors (Lipinski definition) is 2. The summed E-state index contributed by atoms with van der Waals surface area (Å²) in [4.78, 5) is 0. The predicted molar refractivity (Wildman–Crippen MR) is 82.6 cm³/mol. The van der Waals surface area contributed by atoms with E-state index in [9.17, 15) is 5.11 Å². The Balaban J connectivity index is 2.23. The van der Waals surface area contributed by atoms with Gasteiger partial charge >= 0.3 is 0 Å². The van der Waals surface area contributed by atoms with Crippen LogP contribution < -0.4 is 10.1 Å². The van der Waals surface area contributed by atoms with Crippen molar-refractivity contribution in [3.63, 3.8) is 0 Å². The van der Waals surface area contributed by atoms with Crippen LogP contribution in [0.3, 0.4) is 0 Å². The van der Waals surface area contributed by atoms with Gasteiger partial charge in [-0.1, -0.05) is 17.7 Å². The van der Waals surface area contributed by atoms with Gasteiger partial charge in [0.2, 0.25) is 0 Å². The first-order chi connectivity index (χ1) is 9.51. The molecule has 0 radical (unpaired) electrons. The Morgan fingerprint density at radius 1 is 1.10 bits per heavy atom. The van der Waals surface area contributed by atoms with Gasteiger partial charge in [0.15, 0.2) is 0 Å². The number of benzene rings is 2. The van der Waals surface area contributed by atoms with Crippen molar-refractivity contribution < 1.29 is 9.84 Å². The van der Waals surface area contributed by atoms with Crippen molar-refractivity contribution in [2.45, 2.75) is 26.8 Å². The molecule has 2 aromatic carbocycles. The van der Waals surface area contributed by atoms with E-state index in [2.05, 4.69) is 5.32 Å². The van der Waals surface area contributed by atoms with Crippen LogP contribution in [0.25, 0.3) is 0 Å². The molecule has 0 aliphatic heterocycles. The number of methoxy groups -OCH3 is 1. The largest absolute Gasteiger partial charge is 0.508 e. The molecule has 0 saturated heterocycles. The fraction of sp³-hybridized carbons (Fsp3) is 0.294. The van der Waals surface area contributed by atoms with Crippen LogP contribution in [-0.4, -0.2) is 12.2 Å². The second-order valence-corrected chi connectivity index (χ2v) is 5.11. The van der Waals surface area contributed by atoms with E-state index in [0.717, 1.165) is 28.1 Å². The van der Waals surface area contributed by atoms with Gasteiger partial charge in [-0.15, -0.1) is 0 Å². The van der Waals surface area contributed by atoms with E-state index >= 15 is 0 Å². The molecule has 0 aliphatic rings. The lowest BCUT2D eigenvalue weighted by atomic mass is 10.0. The summed E-state index contributed by atoms with van der Waals surface area (Å²) in [7, 11) is 1.66. The number of rotatable bonds is 4. The number of anilines is 1. The number of phenolic OH excluding ortho intramolecular Hbond substituents is 1. The summed E-state index contributed by atoms with van der Waals surface area (Å²) in [6.07, 6.45) is 0. The molecule has 2 rings (SSSR count). The third kappa shape index (κ3) is 3.05. The highest BCUT2D eigenvalue weighted by molar-refractivity contribution is 5.55. The SMILES string of the molecule is COc1ccc(NC(C)c2cc(C)ccc2O)c(C)c1. The van der Waals surface area contributed by atoms with Gasteiger partial charge in [-0.05, 0) is 50.6 Å². The zero-order chi connectivity index (χ0) is 14.7. The summed E-state index contributed by atoms with van der Waals surface area (Å²) >= 11 is 0. The van der Waals surface area contributed by atoms with Crippen LogP contribution in [0.15, 0.2) is 36.4 Å². The number of ether oxygens (including phenoxy) is 1. The molecular weight excluding hydrogens is 250 g/mol. The van der Waals surface area contributed by atoms with Gasteiger partial charge in [0.1, 0.15) is 11.5 Å². The fourth-order valence-corrected chi connectivity index (χ4v) is 2.26. The molecule has 0 fully saturated rings. The first-order valence-electron chi connectivity index (χ1n) is 6.72. The molecule has 2 aromatic rings. The maximum Gasteiger partial charge on any atom is 0.120 e. The highest BCUT2D eigenvalue weighted by atomic mass is 16.5. The van der Waals surface area contributed by atoms with E-state index < -0.39 is 0 Å². The first kappa shape index (κ1) is 14.3. The van der Waals surface area contributed by atoms with Crippen LogP contribution in [0.1, 0.15) is 29.7 Å². The third-order valence-electron chi connectivity index (χ3n) is 3.46. The second-order valence-electron chi connectivity index (χ2n) is 5.11. The summed E-state index contributed by atoms with van der Waals surface area (Å²) < 4.78 is 5.21. The summed E-state index contributed by atoms with van der Waals surface area (Å²) in [6, 6.07) is 11.6. The number of nitrogens with one attached hydrogen (secondary N) is 1. The number of phenols is 1. The summed E-state index contributed by atoms with van der Waals surface area (Å²) in [6.45, 7) is 6.10. The monoisotopic (exact) mass is 271 g/mol. The molecule has 0 amide bonds. The minimum atomic E-state index is 0.0296. The molecule has 0 aliphatic carbocycles. The van der Waals surface area contributed by atoms with E-state index in [-0.39, 0.29) is 6.04 Å². The standard InChI is InChI=1S/C17H21NO2/c1-11-5-8-17(19)15(9-11)13(3)18-16-7-6-14(20-4)10-12(16)2/h5-10,13,18-19H,1-4H3. The third-order valence-corrected chi connectivity index (χ3v) is 3.46. The van der Waals surface area contributed by atoms with Crippen molar-refractivity contribution in [2.24, 2.45) is 0 Å². The molecule has 0 spiro atoms. The van der Waals surface area contributed by atoms with Crippen molar-refractivity contribution in [3.05, 3.63) is 53.1 Å². The van der Waals surface area contributed by atoms with Gasteiger partial charge in [0.05, 0.1) is 13.2 Å². The average molecular weight is 271 g/mol. The van der Waals surface area contributed by atoms with Crippen molar-refractivity contribution in [1.29, 1.82) is 0 Å². The molecular formula is C17H21NO2. The molecule has 0 saturated carbocycles. The van der Waals surface area contributed by atoms with Gasteiger partial charge in [-0.2, -0.15) is 0 Å². The molecule has 2 N–H and O–H groups in total. The number of hydrogen-bond acceptors (Lipinski definition) is 3. The lowest BCUT2D eigenvalue weighted by Gasteiger charge is -2.19. The molecule has 0 aromatic heterocycles. The molecule has 20 heavy (non-hydrogen) atoms. The highest BCUT2D eigenvalue weighted by Crippen LogP contribution is 2.30. The highest BCUT2D eigenvalue weighted by Gasteiger charge is 2.11. The molecule has 0 heterocycles. The van der Waals surface area contributed by atoms with Gasteiger partial charge in [-0.3, -0.25) is 0 Å². The Bertz CT molecular complexity index is 608. The van der Waals surface area contributed by atoms with E-state index in [4.69, 9.17) is 4.74 Å². The van der Waals surface area contributed by atoms with Crippen molar-refractivity contribution >= 4 is 5.69 Å². The molecule has 3 nitrogen and oxygen atoms in total. The smallest absolute Gasteiger partial charge is 0.120 e. The Labute approximate surface area is 120 Å². The maximum atomic E-state index is 9.97. The van der Waals surface area contributed by atoms with Crippen molar-refractivity contribution in [2.75, 3.05) is 12.4 Å². The van der Waals surface area contributed by atoms with Crippen LogP contribution in [0, 0.1) is 13.8 Å². The first-order valence-corrected chi connectivity index (χ1v) is 6.72. The Hall–Kier alpha value is -2.16. The second kappa shape index (κ2) is 5.87. The normalized spacial score (nSPS) is 12.0. The molecule has 3 heteroatoms. The van der Waals surface area contributed by atoms with E-state index in [1.165, 1.54) is 0 Å². The predicted octanol–water partition coefficient (Wildman–Crippen LogP) is 4.19. The van der Waals surface area contributed by atoms with E-state index in [0.29, 0.717) is 5.75 Å². The minimum Gasteiger partial charge on any atom is -0.508 e. The quantitative estimate of drug-likeness (QED) is 0.876. The lowest BCUT2D eigenvalue weighted by molar-refractivity contribution is 0.414. The van der Waals surface area contributed by atoms with Gasteiger partial charge in [-0.25, -0.2) is 0 Å². The van der Waals surface area contributed by atoms with Crippen LogP contribution in [0.5, 0.6) is 11.5 Å². The van der Waals surface area contributed by atoms with Crippen molar-refractivity contribution in [3.8, 4) is 11.5 Å². The van der Waals surface area contributed by atoms with Crippen molar-refractivity contribution in [1.82, 2.24) is 0 Å². The molecule has 1 atom stereocenters. The molecule has 0 bridgehead atoms. The van der Waals surface area contributed by atoms with Crippen LogP contribution >= 0.6 is 0 Å². The topological polar surface area (TPSA) is 41.5 Å². The minimum absolute atomic E-state index is 0.0296. The molecule has 106 valence electrons. The Kier molecular flexibility index (Phi) is 4.18. The average Bonchev–Trinajstić information content (AvgIpc) is 2.43. The summed E-state index contributed by atoms with van der Waals surface area (Å²) in [5.74, 6) is 1.17. The van der Waals surface area contributed by atoms with E-state index in [1.807, 2.05) is 51.1 Å². The Morgan fingerprint density at radius 2 is 1.85 bits per heavy atom. The van der Waals surface area contributed by atoms with Gasteiger partial charge in [0, 0.05) is 11.3 Å². The van der Waals surface area contributed by atoms with Crippen LogP contribution in [0.4, 0.5) is 5.69 Å². The number of aryl methyl sites for hydroxylation is 2. The van der Waals surface area contributed by atoms with Crippen LogP contribution in [-0.2, 0) is 0 Å².